The minimum Gasteiger partial charge on any atom is -0.295 e. The molecule has 3 aromatic rings. The van der Waals surface area contributed by atoms with Crippen LogP contribution in [0.15, 0.2) is 23.0 Å². The Bertz CT molecular complexity index is 928. The Morgan fingerprint density at radius 3 is 2.64 bits per heavy atom. The van der Waals surface area contributed by atoms with E-state index in [0.29, 0.717) is 21.9 Å². The first-order valence-corrected chi connectivity index (χ1v) is 7.80. The lowest BCUT2D eigenvalue weighted by molar-refractivity contribution is 0.501. The molecule has 0 fully saturated rings. The molecule has 2 aromatic heterocycles. The van der Waals surface area contributed by atoms with Gasteiger partial charge in [-0.2, -0.15) is 0 Å². The van der Waals surface area contributed by atoms with E-state index in [1.54, 1.807) is 4.57 Å². The Morgan fingerprint density at radius 2 is 1.86 bits per heavy atom. The van der Waals surface area contributed by atoms with Gasteiger partial charge in [0, 0.05) is 24.6 Å². The number of hydrogen-bond donors (Lipinski definition) is 0. The predicted molar refractivity (Wildman–Crippen MR) is 80.0 cm³/mol. The van der Waals surface area contributed by atoms with Crippen LogP contribution in [0, 0.1) is 11.6 Å². The summed E-state index contributed by atoms with van der Waals surface area (Å²) in [4.78, 5) is 21.8. The Kier molecular flexibility index (Phi) is 3.04. The molecule has 0 saturated heterocycles. The van der Waals surface area contributed by atoms with Crippen LogP contribution in [0.5, 0.6) is 0 Å². The van der Waals surface area contributed by atoms with E-state index in [2.05, 4.69) is 9.97 Å². The number of benzene rings is 1. The van der Waals surface area contributed by atoms with Crippen molar-refractivity contribution < 1.29 is 8.78 Å². The Morgan fingerprint density at radius 1 is 1.09 bits per heavy atom. The Labute approximate surface area is 128 Å². The van der Waals surface area contributed by atoms with E-state index in [9.17, 15) is 13.6 Å². The molecule has 4 nitrogen and oxygen atoms in total. The maximum Gasteiger partial charge on any atom is 0.280 e. The molecule has 1 aliphatic heterocycles. The van der Waals surface area contributed by atoms with Gasteiger partial charge in [-0.15, -0.1) is 0 Å². The minimum atomic E-state index is -0.668. The van der Waals surface area contributed by atoms with Crippen molar-refractivity contribution in [3.8, 4) is 10.6 Å². The van der Waals surface area contributed by atoms with Gasteiger partial charge < -0.3 is 0 Å². The molecular weight excluding hydrogens is 308 g/mol. The zero-order chi connectivity index (χ0) is 15.3. The molecule has 7 heteroatoms. The fourth-order valence-electron chi connectivity index (χ4n) is 2.73. The fourth-order valence-corrected chi connectivity index (χ4v) is 3.66. The van der Waals surface area contributed by atoms with Crippen molar-refractivity contribution in [3.63, 3.8) is 0 Å². The van der Waals surface area contributed by atoms with E-state index in [4.69, 9.17) is 0 Å². The normalized spacial score (nSPS) is 14.3. The Balaban J connectivity index is 1.94. The molecule has 0 bridgehead atoms. The van der Waals surface area contributed by atoms with Crippen LogP contribution in [0.3, 0.4) is 0 Å². The molecule has 0 atom stereocenters. The van der Waals surface area contributed by atoms with Crippen LogP contribution in [0.1, 0.15) is 18.7 Å². The van der Waals surface area contributed by atoms with Gasteiger partial charge in [0.15, 0.2) is 10.3 Å². The van der Waals surface area contributed by atoms with Gasteiger partial charge in [-0.1, -0.05) is 11.3 Å². The second kappa shape index (κ2) is 4.95. The number of halogens is 2. The molecule has 22 heavy (non-hydrogen) atoms. The standard InChI is InChI=1S/C15H11F2N3OS/c16-9-5-8(6-10(17)7-9)13-19-12-14(22-13)18-11-3-1-2-4-20(11)15(12)21/h5-7H,1-4H2. The summed E-state index contributed by atoms with van der Waals surface area (Å²) in [6.07, 6.45) is 2.73. The number of hydrogen-bond acceptors (Lipinski definition) is 4. The summed E-state index contributed by atoms with van der Waals surface area (Å²) in [6.45, 7) is 0.651. The minimum absolute atomic E-state index is 0.168. The summed E-state index contributed by atoms with van der Waals surface area (Å²) in [5.41, 5.74) is 0.428. The monoisotopic (exact) mass is 319 g/mol. The molecule has 0 saturated carbocycles. The van der Waals surface area contributed by atoms with E-state index in [1.165, 1.54) is 23.5 Å². The highest BCUT2D eigenvalue weighted by Crippen LogP contribution is 2.29. The molecule has 0 spiro atoms. The number of aromatic nitrogens is 3. The van der Waals surface area contributed by atoms with Crippen LogP contribution in [-0.2, 0) is 13.0 Å². The van der Waals surface area contributed by atoms with E-state index in [-0.39, 0.29) is 11.1 Å². The molecule has 0 N–H and O–H groups in total. The van der Waals surface area contributed by atoms with Gasteiger partial charge in [0.05, 0.1) is 0 Å². The van der Waals surface area contributed by atoms with Gasteiger partial charge >= 0.3 is 0 Å². The molecule has 112 valence electrons. The smallest absolute Gasteiger partial charge is 0.280 e. The van der Waals surface area contributed by atoms with Crippen LogP contribution in [0.25, 0.3) is 20.9 Å². The van der Waals surface area contributed by atoms with Crippen molar-refractivity contribution in [1.29, 1.82) is 0 Å². The molecule has 1 aliphatic rings. The zero-order valence-corrected chi connectivity index (χ0v) is 12.3. The Hall–Kier alpha value is -2.15. The fraction of sp³-hybridized carbons (Fsp3) is 0.267. The van der Waals surface area contributed by atoms with E-state index >= 15 is 0 Å². The van der Waals surface area contributed by atoms with Crippen LogP contribution >= 0.6 is 11.3 Å². The van der Waals surface area contributed by atoms with Crippen LogP contribution < -0.4 is 5.56 Å². The number of aryl methyl sites for hydroxylation is 1. The van der Waals surface area contributed by atoms with E-state index in [0.717, 1.165) is 31.2 Å². The maximum absolute atomic E-state index is 13.3. The van der Waals surface area contributed by atoms with Crippen molar-refractivity contribution in [2.45, 2.75) is 25.8 Å². The third kappa shape index (κ3) is 2.12. The highest BCUT2D eigenvalue weighted by molar-refractivity contribution is 7.21. The van der Waals surface area contributed by atoms with E-state index in [1.807, 2.05) is 0 Å². The third-order valence-corrected chi connectivity index (χ3v) is 4.74. The van der Waals surface area contributed by atoms with Crippen molar-refractivity contribution in [2.24, 2.45) is 0 Å². The molecular formula is C15H11F2N3OS. The average molecular weight is 319 g/mol. The van der Waals surface area contributed by atoms with Gasteiger partial charge in [0.2, 0.25) is 0 Å². The molecule has 0 radical (unpaired) electrons. The number of nitrogens with zero attached hydrogens (tertiary/aromatic N) is 3. The summed E-state index contributed by atoms with van der Waals surface area (Å²) in [5, 5.41) is 0.404. The molecule has 0 unspecified atom stereocenters. The topological polar surface area (TPSA) is 47.8 Å². The average Bonchev–Trinajstić information content (AvgIpc) is 2.91. The predicted octanol–water partition coefficient (Wildman–Crippen LogP) is 3.13. The second-order valence-electron chi connectivity index (χ2n) is 5.27. The SMILES string of the molecule is O=c1c2nc(-c3cc(F)cc(F)c3)sc2nc2n1CCCC2. The third-order valence-electron chi connectivity index (χ3n) is 3.74. The quantitative estimate of drug-likeness (QED) is 0.692. The summed E-state index contributed by atoms with van der Waals surface area (Å²) < 4.78 is 28.4. The van der Waals surface area contributed by atoms with Gasteiger partial charge in [-0.05, 0) is 25.0 Å². The number of fused-ring (bicyclic) bond motifs is 2. The van der Waals surface area contributed by atoms with Gasteiger partial charge in [-0.3, -0.25) is 9.36 Å². The van der Waals surface area contributed by atoms with Crippen molar-refractivity contribution in [3.05, 3.63) is 46.0 Å². The lowest BCUT2D eigenvalue weighted by atomic mass is 10.1. The van der Waals surface area contributed by atoms with Gasteiger partial charge in [-0.25, -0.2) is 18.7 Å². The largest absolute Gasteiger partial charge is 0.295 e. The lowest BCUT2D eigenvalue weighted by Crippen LogP contribution is -2.28. The highest BCUT2D eigenvalue weighted by Gasteiger charge is 2.18. The molecule has 1 aromatic carbocycles. The number of rotatable bonds is 1. The lowest BCUT2D eigenvalue weighted by Gasteiger charge is -2.16. The molecule has 0 amide bonds. The summed E-state index contributed by atoms with van der Waals surface area (Å²) in [7, 11) is 0. The van der Waals surface area contributed by atoms with Crippen molar-refractivity contribution >= 4 is 21.7 Å². The van der Waals surface area contributed by atoms with Crippen molar-refractivity contribution in [2.75, 3.05) is 0 Å². The van der Waals surface area contributed by atoms with Crippen LogP contribution in [0.2, 0.25) is 0 Å². The van der Waals surface area contributed by atoms with Crippen LogP contribution in [-0.4, -0.2) is 14.5 Å². The van der Waals surface area contributed by atoms with Gasteiger partial charge in [0.25, 0.3) is 5.56 Å². The second-order valence-corrected chi connectivity index (χ2v) is 6.25. The first kappa shape index (κ1) is 13.5. The van der Waals surface area contributed by atoms with E-state index < -0.39 is 11.6 Å². The number of thiazole rings is 1. The first-order valence-electron chi connectivity index (χ1n) is 6.98. The molecule has 0 aliphatic carbocycles. The summed E-state index contributed by atoms with van der Waals surface area (Å²) in [5.74, 6) is -0.569. The summed E-state index contributed by atoms with van der Waals surface area (Å²) >= 11 is 1.19. The van der Waals surface area contributed by atoms with Gasteiger partial charge in [0.1, 0.15) is 22.5 Å². The maximum atomic E-state index is 13.3. The van der Waals surface area contributed by atoms with Crippen LogP contribution in [0.4, 0.5) is 8.78 Å². The first-order chi connectivity index (χ1) is 10.6. The van der Waals surface area contributed by atoms with Crippen molar-refractivity contribution in [1.82, 2.24) is 14.5 Å². The zero-order valence-electron chi connectivity index (χ0n) is 11.5. The highest BCUT2D eigenvalue weighted by atomic mass is 32.1. The molecule has 4 rings (SSSR count). The summed E-state index contributed by atoms with van der Waals surface area (Å²) in [6, 6.07) is 3.22. The molecule has 3 heterocycles.